The van der Waals surface area contributed by atoms with Gasteiger partial charge in [0.05, 0.1) is 39.0 Å². The van der Waals surface area contributed by atoms with Gasteiger partial charge >= 0.3 is 29.6 Å². The van der Waals surface area contributed by atoms with Crippen molar-refractivity contribution in [2.24, 2.45) is 0 Å². The van der Waals surface area contributed by atoms with Crippen LogP contribution in [-0.4, -0.2) is 41.8 Å². The Morgan fingerprint density at radius 2 is 1.41 bits per heavy atom. The molecule has 1 aromatic heterocycles. The number of ether oxygens (including phenoxy) is 4. The van der Waals surface area contributed by atoms with E-state index in [2.05, 4.69) is 8.75 Å². The molecular formula is C33H27N2NaO7S. The number of allylic oxidation sites excluding steroid dienone is 1. The van der Waals surface area contributed by atoms with Gasteiger partial charge in [-0.1, -0.05) is 48.5 Å². The number of methoxy groups -OCH3 is 3. The molecule has 0 aliphatic carbocycles. The van der Waals surface area contributed by atoms with Gasteiger partial charge in [-0.2, -0.15) is 8.75 Å². The number of carboxylic acids is 1. The number of nitrogens with zero attached hydrogens (tertiary/aromatic N) is 2. The van der Waals surface area contributed by atoms with Crippen LogP contribution in [0.5, 0.6) is 23.0 Å². The number of hydrogen-bond donors (Lipinski definition) is 0. The number of aromatic nitrogens is 2. The fourth-order valence-electron chi connectivity index (χ4n) is 4.67. The Hall–Kier alpha value is -4.22. The smallest absolute Gasteiger partial charge is 0.545 e. The predicted molar refractivity (Wildman–Crippen MR) is 161 cm³/mol. The van der Waals surface area contributed by atoms with Crippen LogP contribution in [0, 0.1) is 0 Å². The first-order chi connectivity index (χ1) is 20.9. The molecule has 0 spiro atoms. The normalized spacial score (nSPS) is 11.2. The summed E-state index contributed by atoms with van der Waals surface area (Å²) < 4.78 is 30.6. The first-order valence-corrected chi connectivity index (χ1v) is 13.9. The maximum Gasteiger partial charge on any atom is 1.00 e. The van der Waals surface area contributed by atoms with Crippen LogP contribution in [0.3, 0.4) is 0 Å². The molecule has 218 valence electrons. The Balaban J connectivity index is 0.00000442. The number of ketones is 1. The zero-order valence-corrected chi connectivity index (χ0v) is 27.5. The number of hydrogen-bond acceptors (Lipinski definition) is 10. The van der Waals surface area contributed by atoms with Crippen molar-refractivity contribution in [1.82, 2.24) is 8.75 Å². The van der Waals surface area contributed by atoms with Gasteiger partial charge in [-0.3, -0.25) is 4.79 Å². The van der Waals surface area contributed by atoms with E-state index >= 15 is 0 Å². The summed E-state index contributed by atoms with van der Waals surface area (Å²) in [6.07, 6.45) is -0.00880. The third kappa shape index (κ3) is 7.28. The third-order valence-corrected chi connectivity index (χ3v) is 7.36. The average Bonchev–Trinajstić information content (AvgIpc) is 3.51. The maximum atomic E-state index is 14.2. The van der Waals surface area contributed by atoms with Crippen LogP contribution >= 0.6 is 11.7 Å². The van der Waals surface area contributed by atoms with Crippen molar-refractivity contribution in [2.45, 2.75) is 13.0 Å². The predicted octanol–water partition coefficient (Wildman–Crippen LogP) is 1.93. The summed E-state index contributed by atoms with van der Waals surface area (Å²) >= 11 is 1.01. The molecule has 0 bridgehead atoms. The molecule has 0 N–H and O–H groups in total. The van der Waals surface area contributed by atoms with E-state index in [0.717, 1.165) is 17.3 Å². The van der Waals surface area contributed by atoms with Crippen LogP contribution < -0.4 is 53.6 Å². The van der Waals surface area contributed by atoms with Crippen LogP contribution in [0.15, 0.2) is 90.5 Å². The van der Waals surface area contributed by atoms with Gasteiger partial charge in [-0.05, 0) is 53.1 Å². The van der Waals surface area contributed by atoms with E-state index in [-0.39, 0.29) is 69.8 Å². The molecule has 0 saturated heterocycles. The Bertz CT molecular complexity index is 1780. The summed E-state index contributed by atoms with van der Waals surface area (Å²) in [5.41, 5.74) is 3.04. The second-order valence-electron chi connectivity index (χ2n) is 9.45. The number of fused-ring (bicyclic) bond motifs is 1. The molecule has 0 aliphatic rings. The first kappa shape index (κ1) is 32.7. The fourth-order valence-corrected chi connectivity index (χ4v) is 5.19. The maximum absolute atomic E-state index is 14.2. The SMILES string of the molecule is COc1cc(C(=O)C(Cc2ccc(OCc3ccccc3)cc2)=C(C(=O)[O-])c2ccc3nsnc3c2)cc(OC)c1OC.[Na+]. The second kappa shape index (κ2) is 15.0. The summed E-state index contributed by atoms with van der Waals surface area (Å²) in [6.45, 7) is 0.397. The molecule has 4 aromatic carbocycles. The topological polar surface area (TPSA) is 120 Å². The standard InChI is InChI=1S/C33H28N2O7S.Na/c1-39-28-17-23(18-29(40-2)32(28)41-3)31(36)25(30(33(37)38)22-11-14-26-27(16-22)35-43-34-26)15-20-9-12-24(13-10-20)42-19-21-7-5-4-6-8-21;/h4-14,16-18H,15,19H2,1-3H3,(H,37,38);/q;+1/p-1. The minimum absolute atomic E-state index is 0. The molecule has 0 unspecified atom stereocenters. The van der Waals surface area contributed by atoms with Gasteiger partial charge in [0.25, 0.3) is 0 Å². The number of carboxylic acid groups (broad SMARTS) is 1. The van der Waals surface area contributed by atoms with E-state index in [9.17, 15) is 14.7 Å². The Morgan fingerprint density at radius 1 is 0.750 bits per heavy atom. The van der Waals surface area contributed by atoms with Gasteiger partial charge in [0, 0.05) is 23.1 Å². The molecule has 0 aliphatic heterocycles. The molecule has 9 nitrogen and oxygen atoms in total. The largest absolute Gasteiger partial charge is 1.00 e. The van der Waals surface area contributed by atoms with Crippen LogP contribution in [0.1, 0.15) is 27.0 Å². The molecule has 0 amide bonds. The van der Waals surface area contributed by atoms with Crippen molar-refractivity contribution in [1.29, 1.82) is 0 Å². The van der Waals surface area contributed by atoms with E-state index < -0.39 is 11.8 Å². The first-order valence-electron chi connectivity index (χ1n) is 13.2. The monoisotopic (exact) mass is 618 g/mol. The van der Waals surface area contributed by atoms with Crippen molar-refractivity contribution in [3.8, 4) is 23.0 Å². The minimum Gasteiger partial charge on any atom is -0.545 e. The van der Waals surface area contributed by atoms with Crippen LogP contribution in [0.4, 0.5) is 0 Å². The van der Waals surface area contributed by atoms with Crippen molar-refractivity contribution in [3.05, 3.63) is 113 Å². The zero-order valence-electron chi connectivity index (χ0n) is 24.7. The van der Waals surface area contributed by atoms with Crippen molar-refractivity contribution >= 4 is 40.1 Å². The zero-order chi connectivity index (χ0) is 30.3. The second-order valence-corrected chi connectivity index (χ2v) is 9.98. The van der Waals surface area contributed by atoms with Crippen LogP contribution in [-0.2, 0) is 17.8 Å². The van der Waals surface area contributed by atoms with E-state index in [1.165, 1.54) is 33.5 Å². The van der Waals surface area contributed by atoms with Gasteiger partial charge in [-0.15, -0.1) is 0 Å². The Labute approximate surface area is 280 Å². The molecule has 0 fully saturated rings. The van der Waals surface area contributed by atoms with E-state index in [4.69, 9.17) is 18.9 Å². The van der Waals surface area contributed by atoms with E-state index in [1.807, 2.05) is 30.3 Å². The van der Waals surface area contributed by atoms with Gasteiger partial charge in [0.1, 0.15) is 23.4 Å². The number of benzene rings is 4. The summed E-state index contributed by atoms with van der Waals surface area (Å²) in [5, 5.41) is 12.7. The number of rotatable bonds is 12. The van der Waals surface area contributed by atoms with Crippen molar-refractivity contribution in [3.63, 3.8) is 0 Å². The molecule has 11 heteroatoms. The van der Waals surface area contributed by atoms with Gasteiger partial charge in [0.2, 0.25) is 5.75 Å². The van der Waals surface area contributed by atoms with Crippen molar-refractivity contribution < 1.29 is 63.2 Å². The molecular weight excluding hydrogens is 591 g/mol. The Kier molecular flexibility index (Phi) is 11.1. The van der Waals surface area contributed by atoms with Gasteiger partial charge in [-0.25, -0.2) is 0 Å². The summed E-state index contributed by atoms with van der Waals surface area (Å²) in [4.78, 5) is 26.9. The number of carbonyl (C=O) groups is 2. The molecule has 44 heavy (non-hydrogen) atoms. The van der Waals surface area contributed by atoms with Crippen LogP contribution in [0.2, 0.25) is 0 Å². The summed E-state index contributed by atoms with van der Waals surface area (Å²) in [7, 11) is 4.33. The third-order valence-electron chi connectivity index (χ3n) is 6.80. The molecule has 0 saturated carbocycles. The van der Waals surface area contributed by atoms with Gasteiger partial charge in [0.15, 0.2) is 17.3 Å². The Morgan fingerprint density at radius 3 is 2.02 bits per heavy atom. The number of carbonyl (C=O) groups excluding carboxylic acids is 2. The number of Topliss-reactive ketones (excluding diaryl/α,β-unsaturated/α-hetero) is 1. The summed E-state index contributed by atoms with van der Waals surface area (Å²) in [6, 6.07) is 24.8. The van der Waals surface area contributed by atoms with Crippen LogP contribution in [0.25, 0.3) is 16.6 Å². The molecule has 1 heterocycles. The molecule has 5 aromatic rings. The van der Waals surface area contributed by atoms with Crippen molar-refractivity contribution in [2.75, 3.05) is 21.3 Å². The molecule has 0 atom stereocenters. The number of aliphatic carboxylic acids is 1. The molecule has 0 radical (unpaired) electrons. The fraction of sp³-hybridized carbons (Fsp3) is 0.152. The average molecular weight is 619 g/mol. The van der Waals surface area contributed by atoms with E-state index in [1.54, 1.807) is 42.5 Å². The van der Waals surface area contributed by atoms with E-state index in [0.29, 0.717) is 34.7 Å². The quantitative estimate of drug-likeness (QED) is 0.117. The summed E-state index contributed by atoms with van der Waals surface area (Å²) in [5.74, 6) is -0.583. The minimum atomic E-state index is -1.50. The molecule has 5 rings (SSSR count). The van der Waals surface area contributed by atoms with Gasteiger partial charge < -0.3 is 28.8 Å².